The molecule has 1 heterocycles. The Labute approximate surface area is 122 Å². The third-order valence-corrected chi connectivity index (χ3v) is 3.87. The summed E-state index contributed by atoms with van der Waals surface area (Å²) < 4.78 is 79.0. The lowest BCUT2D eigenvalue weighted by Crippen LogP contribution is -2.50. The molecule has 122 valence electrons. The number of carbonyl (C=O) groups excluding carboxylic acids is 1. The number of likely N-dealkylation sites (tertiary alicyclic amines) is 1. The molecule has 22 heavy (non-hydrogen) atoms. The molecule has 8 heteroatoms. The number of hydrogen-bond acceptors (Lipinski definition) is 1. The fourth-order valence-electron chi connectivity index (χ4n) is 2.58. The average Bonchev–Trinajstić information content (AvgIpc) is 2.43. The van der Waals surface area contributed by atoms with Crippen LogP contribution in [0.15, 0.2) is 12.1 Å². The van der Waals surface area contributed by atoms with Gasteiger partial charge in [0.15, 0.2) is 11.6 Å². The molecule has 1 saturated heterocycles. The number of alkyl halides is 3. The summed E-state index contributed by atoms with van der Waals surface area (Å²) in [6.07, 6.45) is -4.95. The van der Waals surface area contributed by atoms with Gasteiger partial charge in [0.2, 0.25) is 5.91 Å². The standard InChI is InChI=1S/C14H13F6NO/c1-7(14(18,19)20)21-6-8(2-5-11(21)22)12-9(15)3-4-10(16)13(12)17/h3-4,7-8H,2,5-6H2,1H3. The van der Waals surface area contributed by atoms with Gasteiger partial charge in [-0.05, 0) is 25.5 Å². The van der Waals surface area contributed by atoms with Crippen molar-refractivity contribution in [1.82, 2.24) is 4.90 Å². The van der Waals surface area contributed by atoms with Gasteiger partial charge in [-0.2, -0.15) is 13.2 Å². The van der Waals surface area contributed by atoms with E-state index in [0.717, 1.165) is 13.0 Å². The summed E-state index contributed by atoms with van der Waals surface area (Å²) in [6.45, 7) is 0.301. The molecule has 0 spiro atoms. The predicted molar refractivity (Wildman–Crippen MR) is 65.5 cm³/mol. The van der Waals surface area contributed by atoms with Crippen LogP contribution in [0.5, 0.6) is 0 Å². The first kappa shape index (κ1) is 16.6. The van der Waals surface area contributed by atoms with E-state index in [1.807, 2.05) is 0 Å². The van der Waals surface area contributed by atoms with Crippen molar-refractivity contribution in [2.45, 2.75) is 37.9 Å². The molecule has 2 unspecified atom stereocenters. The van der Waals surface area contributed by atoms with Crippen LogP contribution in [0.25, 0.3) is 0 Å². The lowest BCUT2D eigenvalue weighted by atomic mass is 9.88. The van der Waals surface area contributed by atoms with Crippen LogP contribution in [0.2, 0.25) is 0 Å². The molecule has 1 fully saturated rings. The van der Waals surface area contributed by atoms with Gasteiger partial charge in [-0.1, -0.05) is 0 Å². The molecule has 0 bridgehead atoms. The fraction of sp³-hybridized carbons (Fsp3) is 0.500. The molecule has 0 radical (unpaired) electrons. The summed E-state index contributed by atoms with van der Waals surface area (Å²) in [5.74, 6) is -5.47. The van der Waals surface area contributed by atoms with Gasteiger partial charge >= 0.3 is 6.18 Å². The lowest BCUT2D eigenvalue weighted by Gasteiger charge is -2.37. The zero-order chi connectivity index (χ0) is 16.7. The normalized spacial score (nSPS) is 21.1. The second-order valence-corrected chi connectivity index (χ2v) is 5.26. The van der Waals surface area contributed by atoms with E-state index >= 15 is 0 Å². The third kappa shape index (κ3) is 3.05. The minimum atomic E-state index is -4.64. The summed E-state index contributed by atoms with van der Waals surface area (Å²) in [5.41, 5.74) is -0.605. The molecule has 2 rings (SSSR count). The van der Waals surface area contributed by atoms with Crippen molar-refractivity contribution >= 4 is 5.91 Å². The number of halogens is 6. The van der Waals surface area contributed by atoms with Crippen molar-refractivity contribution < 1.29 is 31.1 Å². The lowest BCUT2D eigenvalue weighted by molar-refractivity contribution is -0.188. The third-order valence-electron chi connectivity index (χ3n) is 3.87. The molecule has 1 aromatic rings. The molecular formula is C14H13F6NO. The van der Waals surface area contributed by atoms with Gasteiger partial charge < -0.3 is 4.90 Å². The fourth-order valence-corrected chi connectivity index (χ4v) is 2.58. The second kappa shape index (κ2) is 5.81. The van der Waals surface area contributed by atoms with E-state index in [0.29, 0.717) is 11.0 Å². The van der Waals surface area contributed by atoms with Crippen LogP contribution in [-0.4, -0.2) is 29.6 Å². The second-order valence-electron chi connectivity index (χ2n) is 5.26. The number of benzene rings is 1. The van der Waals surface area contributed by atoms with Crippen molar-refractivity contribution in [2.24, 2.45) is 0 Å². The molecule has 2 atom stereocenters. The van der Waals surface area contributed by atoms with Gasteiger partial charge in [0.25, 0.3) is 0 Å². The predicted octanol–water partition coefficient (Wildman–Crippen LogP) is 3.76. The summed E-state index contributed by atoms with van der Waals surface area (Å²) in [4.78, 5) is 12.2. The Morgan fingerprint density at radius 1 is 1.18 bits per heavy atom. The van der Waals surface area contributed by atoms with Crippen molar-refractivity contribution in [3.8, 4) is 0 Å². The van der Waals surface area contributed by atoms with Crippen molar-refractivity contribution in [1.29, 1.82) is 0 Å². The largest absolute Gasteiger partial charge is 0.408 e. The highest BCUT2D eigenvalue weighted by Crippen LogP contribution is 2.35. The maximum Gasteiger partial charge on any atom is 0.408 e. The molecule has 0 saturated carbocycles. The van der Waals surface area contributed by atoms with Crippen LogP contribution >= 0.6 is 0 Å². The Hall–Kier alpha value is -1.73. The first-order valence-electron chi connectivity index (χ1n) is 6.62. The van der Waals surface area contributed by atoms with E-state index in [-0.39, 0.29) is 12.8 Å². The number of piperidine rings is 1. The molecule has 1 aliphatic rings. The van der Waals surface area contributed by atoms with E-state index in [1.54, 1.807) is 0 Å². The highest BCUT2D eigenvalue weighted by atomic mass is 19.4. The van der Waals surface area contributed by atoms with E-state index in [9.17, 15) is 31.1 Å². The van der Waals surface area contributed by atoms with Crippen molar-refractivity contribution in [3.63, 3.8) is 0 Å². The Balaban J connectivity index is 2.32. The molecule has 1 amide bonds. The summed E-state index contributed by atoms with van der Waals surface area (Å²) in [7, 11) is 0. The maximum atomic E-state index is 13.8. The molecule has 0 aliphatic carbocycles. The molecule has 0 N–H and O–H groups in total. The SMILES string of the molecule is CC(N1CC(c2c(F)ccc(F)c2F)CCC1=O)C(F)(F)F. The van der Waals surface area contributed by atoms with Gasteiger partial charge in [-0.3, -0.25) is 4.79 Å². The number of nitrogens with zero attached hydrogens (tertiary/aromatic N) is 1. The van der Waals surface area contributed by atoms with E-state index < -0.39 is 53.6 Å². The topological polar surface area (TPSA) is 20.3 Å². The van der Waals surface area contributed by atoms with Gasteiger partial charge in [0.1, 0.15) is 11.9 Å². The molecule has 1 aliphatic heterocycles. The van der Waals surface area contributed by atoms with Gasteiger partial charge in [-0.15, -0.1) is 0 Å². The first-order valence-corrected chi connectivity index (χ1v) is 6.62. The zero-order valence-electron chi connectivity index (χ0n) is 11.6. The summed E-state index contributed by atoms with van der Waals surface area (Å²) >= 11 is 0. The summed E-state index contributed by atoms with van der Waals surface area (Å²) in [6, 6.07) is -0.734. The quantitative estimate of drug-likeness (QED) is 0.599. The maximum absolute atomic E-state index is 13.8. The summed E-state index contributed by atoms with van der Waals surface area (Å²) in [5, 5.41) is 0. The van der Waals surface area contributed by atoms with E-state index in [4.69, 9.17) is 0 Å². The Morgan fingerprint density at radius 2 is 1.77 bits per heavy atom. The van der Waals surface area contributed by atoms with Crippen LogP contribution < -0.4 is 0 Å². The van der Waals surface area contributed by atoms with Crippen LogP contribution in [0.1, 0.15) is 31.2 Å². The smallest absolute Gasteiger partial charge is 0.330 e. The monoisotopic (exact) mass is 325 g/mol. The van der Waals surface area contributed by atoms with Gasteiger partial charge in [-0.25, -0.2) is 13.2 Å². The van der Waals surface area contributed by atoms with Crippen LogP contribution in [0.3, 0.4) is 0 Å². The number of amides is 1. The van der Waals surface area contributed by atoms with Crippen LogP contribution in [-0.2, 0) is 4.79 Å². The number of rotatable bonds is 2. The Bertz CT molecular complexity index is 585. The number of carbonyl (C=O) groups is 1. The van der Waals surface area contributed by atoms with Crippen molar-refractivity contribution in [3.05, 3.63) is 35.1 Å². The highest BCUT2D eigenvalue weighted by molar-refractivity contribution is 5.77. The van der Waals surface area contributed by atoms with Crippen LogP contribution in [0, 0.1) is 17.5 Å². The number of hydrogen-bond donors (Lipinski definition) is 0. The Morgan fingerprint density at radius 3 is 2.36 bits per heavy atom. The molecule has 1 aromatic carbocycles. The highest BCUT2D eigenvalue weighted by Gasteiger charge is 2.44. The van der Waals surface area contributed by atoms with Gasteiger partial charge in [0, 0.05) is 24.4 Å². The van der Waals surface area contributed by atoms with E-state index in [2.05, 4.69) is 0 Å². The molecular weight excluding hydrogens is 312 g/mol. The first-order chi connectivity index (χ1) is 10.1. The molecule has 2 nitrogen and oxygen atoms in total. The molecule has 0 aromatic heterocycles. The van der Waals surface area contributed by atoms with E-state index in [1.165, 1.54) is 0 Å². The minimum absolute atomic E-state index is 0.0306. The van der Waals surface area contributed by atoms with Crippen molar-refractivity contribution in [2.75, 3.05) is 6.54 Å². The average molecular weight is 325 g/mol. The Kier molecular flexibility index (Phi) is 4.39. The van der Waals surface area contributed by atoms with Gasteiger partial charge in [0.05, 0.1) is 0 Å². The van der Waals surface area contributed by atoms with Crippen LogP contribution in [0.4, 0.5) is 26.3 Å². The zero-order valence-corrected chi connectivity index (χ0v) is 11.6. The minimum Gasteiger partial charge on any atom is -0.330 e.